The molecule has 0 bridgehead atoms. The van der Waals surface area contributed by atoms with Crippen LogP contribution in [0.3, 0.4) is 0 Å². The van der Waals surface area contributed by atoms with E-state index in [9.17, 15) is 14.4 Å². The SMILES string of the molecule is O=C(Nc1ccc(SC(C(=O)Nc2nc(-c3cccs3)cs2)c2ccccc2)cc1)/C(=C/c1c(Cl)cccc1Cl)NC(=O)c1ccccc1. The van der Waals surface area contributed by atoms with Crippen LogP contribution in [0.15, 0.2) is 137 Å². The van der Waals surface area contributed by atoms with Gasteiger partial charge in [-0.05, 0) is 71.6 Å². The molecule has 0 aliphatic heterocycles. The summed E-state index contributed by atoms with van der Waals surface area (Å²) < 4.78 is 0. The lowest BCUT2D eigenvalue weighted by Gasteiger charge is -2.17. The molecule has 0 fully saturated rings. The number of thioether (sulfide) groups is 1. The largest absolute Gasteiger partial charge is 0.321 e. The summed E-state index contributed by atoms with van der Waals surface area (Å²) in [6.07, 6.45) is 1.44. The Morgan fingerprint density at radius 1 is 0.755 bits per heavy atom. The van der Waals surface area contributed by atoms with Crippen LogP contribution in [-0.2, 0) is 9.59 Å². The van der Waals surface area contributed by atoms with Crippen LogP contribution in [0.2, 0.25) is 10.0 Å². The second-order valence-corrected chi connectivity index (χ2v) is 14.2. The summed E-state index contributed by atoms with van der Waals surface area (Å²) in [6, 6.07) is 34.1. The van der Waals surface area contributed by atoms with Gasteiger partial charge in [0.2, 0.25) is 5.91 Å². The third-order valence-corrected chi connectivity index (χ3v) is 10.6. The molecular formula is C37H26Cl2N4O3S3. The number of thiazole rings is 1. The zero-order valence-electron chi connectivity index (χ0n) is 25.4. The van der Waals surface area contributed by atoms with Gasteiger partial charge in [0.1, 0.15) is 10.9 Å². The molecule has 1 atom stereocenters. The lowest BCUT2D eigenvalue weighted by atomic mass is 10.1. The molecule has 12 heteroatoms. The van der Waals surface area contributed by atoms with E-state index in [4.69, 9.17) is 23.2 Å². The third-order valence-electron chi connectivity index (χ3n) is 7.03. The van der Waals surface area contributed by atoms with Gasteiger partial charge in [-0.1, -0.05) is 83.9 Å². The van der Waals surface area contributed by atoms with Crippen LogP contribution in [0, 0.1) is 0 Å². The minimum absolute atomic E-state index is 0.0486. The molecule has 0 saturated carbocycles. The molecule has 6 aromatic rings. The quantitative estimate of drug-likeness (QED) is 0.0907. The van der Waals surface area contributed by atoms with E-state index in [2.05, 4.69) is 20.9 Å². The Morgan fingerprint density at radius 2 is 1.45 bits per heavy atom. The van der Waals surface area contributed by atoms with Crippen LogP contribution in [0.25, 0.3) is 16.6 Å². The van der Waals surface area contributed by atoms with Crippen molar-refractivity contribution < 1.29 is 14.4 Å². The maximum absolute atomic E-state index is 13.6. The van der Waals surface area contributed by atoms with Gasteiger partial charge in [0.25, 0.3) is 11.8 Å². The number of nitrogens with one attached hydrogen (secondary N) is 3. The van der Waals surface area contributed by atoms with E-state index in [0.29, 0.717) is 32.0 Å². The van der Waals surface area contributed by atoms with E-state index in [-0.39, 0.29) is 11.6 Å². The predicted octanol–water partition coefficient (Wildman–Crippen LogP) is 10.1. The number of thiophene rings is 1. The lowest BCUT2D eigenvalue weighted by molar-refractivity contribution is -0.116. The van der Waals surface area contributed by atoms with Gasteiger partial charge in [0.15, 0.2) is 5.13 Å². The van der Waals surface area contributed by atoms with Crippen molar-refractivity contribution in [2.75, 3.05) is 10.6 Å². The molecule has 244 valence electrons. The highest BCUT2D eigenvalue weighted by Gasteiger charge is 2.24. The highest BCUT2D eigenvalue weighted by molar-refractivity contribution is 8.00. The maximum Gasteiger partial charge on any atom is 0.272 e. The van der Waals surface area contributed by atoms with Crippen LogP contribution in [0.1, 0.15) is 26.7 Å². The number of hydrogen-bond acceptors (Lipinski definition) is 7. The molecule has 2 aromatic heterocycles. The van der Waals surface area contributed by atoms with Crippen molar-refractivity contribution in [3.63, 3.8) is 0 Å². The number of halogens is 2. The Bertz CT molecular complexity index is 2080. The number of aromatic nitrogens is 1. The van der Waals surface area contributed by atoms with Crippen molar-refractivity contribution in [1.29, 1.82) is 0 Å². The highest BCUT2D eigenvalue weighted by atomic mass is 35.5. The van der Waals surface area contributed by atoms with Crippen LogP contribution < -0.4 is 16.0 Å². The van der Waals surface area contributed by atoms with Gasteiger partial charge in [-0.15, -0.1) is 34.4 Å². The fraction of sp³-hybridized carbons (Fsp3) is 0.0270. The molecule has 3 amide bonds. The number of carbonyl (C=O) groups excluding carboxylic acids is 3. The van der Waals surface area contributed by atoms with E-state index in [1.807, 2.05) is 65.4 Å². The fourth-order valence-corrected chi connectivity index (χ4v) is 7.63. The van der Waals surface area contributed by atoms with Gasteiger partial charge in [-0.2, -0.15) is 0 Å². The molecule has 7 nitrogen and oxygen atoms in total. The van der Waals surface area contributed by atoms with Crippen molar-refractivity contribution >= 4 is 92.3 Å². The molecular weight excluding hydrogens is 716 g/mol. The van der Waals surface area contributed by atoms with Gasteiger partial charge in [-0.3, -0.25) is 14.4 Å². The van der Waals surface area contributed by atoms with Gasteiger partial charge < -0.3 is 16.0 Å². The van der Waals surface area contributed by atoms with E-state index >= 15 is 0 Å². The summed E-state index contributed by atoms with van der Waals surface area (Å²) in [7, 11) is 0. The monoisotopic (exact) mass is 740 g/mol. The van der Waals surface area contributed by atoms with Crippen molar-refractivity contribution in [1.82, 2.24) is 10.3 Å². The molecule has 6 rings (SSSR count). The first-order chi connectivity index (χ1) is 23.8. The first-order valence-electron chi connectivity index (χ1n) is 14.8. The molecule has 0 radical (unpaired) electrons. The zero-order chi connectivity index (χ0) is 34.2. The number of carbonyl (C=O) groups is 3. The summed E-state index contributed by atoms with van der Waals surface area (Å²) in [6.45, 7) is 0. The Hall–Kier alpha value is -4.71. The third kappa shape index (κ3) is 8.86. The average Bonchev–Trinajstić information content (AvgIpc) is 3.83. The molecule has 0 spiro atoms. The van der Waals surface area contributed by atoms with Gasteiger partial charge in [0.05, 0.1) is 10.6 Å². The number of rotatable bonds is 11. The minimum atomic E-state index is -0.576. The number of nitrogens with zero attached hydrogens (tertiary/aromatic N) is 1. The van der Waals surface area contributed by atoms with Crippen molar-refractivity contribution in [2.45, 2.75) is 10.1 Å². The van der Waals surface area contributed by atoms with E-state index < -0.39 is 17.1 Å². The first kappa shape index (κ1) is 34.2. The number of hydrogen-bond donors (Lipinski definition) is 3. The molecule has 3 N–H and O–H groups in total. The minimum Gasteiger partial charge on any atom is -0.321 e. The normalized spacial score (nSPS) is 11.8. The average molecular weight is 742 g/mol. The Kier molecular flexibility index (Phi) is 11.2. The topological polar surface area (TPSA) is 100 Å². The van der Waals surface area contributed by atoms with Crippen molar-refractivity contribution in [2.24, 2.45) is 0 Å². The maximum atomic E-state index is 13.6. The van der Waals surface area contributed by atoms with Crippen LogP contribution in [0.5, 0.6) is 0 Å². The molecule has 0 saturated heterocycles. The lowest BCUT2D eigenvalue weighted by Crippen LogP contribution is -2.30. The second-order valence-electron chi connectivity index (χ2n) is 10.4. The van der Waals surface area contributed by atoms with Crippen LogP contribution in [-0.4, -0.2) is 22.7 Å². The number of anilines is 2. The second kappa shape index (κ2) is 16.1. The van der Waals surface area contributed by atoms with Crippen molar-refractivity contribution in [3.05, 3.63) is 158 Å². The standard InChI is InChI=1S/C37H26Cl2N4O3S3/c38-28-13-7-14-29(39)27(28)21-30(41-34(44)24-11-5-2-6-12-24)35(45)40-25-16-18-26(19-17-25)49-33(23-9-3-1-4-10-23)36(46)43-37-42-31(22-48-37)32-15-8-20-47-32/h1-22,33H,(H,40,45)(H,41,44)(H,42,43,46)/b30-21-. The number of amides is 3. The number of benzene rings is 4. The molecule has 1 unspecified atom stereocenters. The highest BCUT2D eigenvalue weighted by Crippen LogP contribution is 2.37. The summed E-state index contributed by atoms with van der Waals surface area (Å²) in [5, 5.41) is 13.0. The fourth-order valence-electron chi connectivity index (χ4n) is 4.63. The van der Waals surface area contributed by atoms with Crippen LogP contribution in [0.4, 0.5) is 10.8 Å². The van der Waals surface area contributed by atoms with E-state index in [0.717, 1.165) is 21.0 Å². The smallest absolute Gasteiger partial charge is 0.272 e. The summed E-state index contributed by atoms with van der Waals surface area (Å²) in [5.41, 5.74) is 2.85. The van der Waals surface area contributed by atoms with Gasteiger partial charge in [0, 0.05) is 37.1 Å². The Labute approximate surface area is 305 Å². The molecule has 49 heavy (non-hydrogen) atoms. The Balaban J connectivity index is 1.19. The first-order valence-corrected chi connectivity index (χ1v) is 18.2. The molecule has 2 heterocycles. The summed E-state index contributed by atoms with van der Waals surface area (Å²) in [4.78, 5) is 46.6. The van der Waals surface area contributed by atoms with Gasteiger partial charge >= 0.3 is 0 Å². The molecule has 0 aliphatic carbocycles. The van der Waals surface area contributed by atoms with E-state index in [1.54, 1.807) is 72.0 Å². The predicted molar refractivity (Wildman–Crippen MR) is 203 cm³/mol. The zero-order valence-corrected chi connectivity index (χ0v) is 29.4. The Morgan fingerprint density at radius 3 is 2.12 bits per heavy atom. The summed E-state index contributed by atoms with van der Waals surface area (Å²) in [5.74, 6) is -1.25. The molecule has 0 aliphatic rings. The van der Waals surface area contributed by atoms with E-state index in [1.165, 1.54) is 29.2 Å². The summed E-state index contributed by atoms with van der Waals surface area (Å²) >= 11 is 17.1. The molecule has 4 aromatic carbocycles. The van der Waals surface area contributed by atoms with Gasteiger partial charge in [-0.25, -0.2) is 4.98 Å². The van der Waals surface area contributed by atoms with Crippen LogP contribution >= 0.6 is 57.6 Å². The van der Waals surface area contributed by atoms with Crippen molar-refractivity contribution in [3.8, 4) is 10.6 Å².